The largest absolute Gasteiger partial charge is 0.710 e. The highest BCUT2D eigenvalue weighted by Gasteiger charge is 2.19. The maximum atomic E-state index is 13.0. The number of aromatic nitrogens is 6. The van der Waals surface area contributed by atoms with E-state index in [2.05, 4.69) is 42.8 Å². The van der Waals surface area contributed by atoms with Gasteiger partial charge < -0.3 is 9.77 Å². The van der Waals surface area contributed by atoms with Crippen LogP contribution in [0, 0.1) is 24.0 Å². The van der Waals surface area contributed by atoms with Crippen LogP contribution in [0.25, 0.3) is 21.9 Å². The number of fused-ring (bicyclic) bond motifs is 2. The van der Waals surface area contributed by atoms with Crippen molar-refractivity contribution in [3.63, 3.8) is 0 Å². The van der Waals surface area contributed by atoms with Crippen molar-refractivity contribution in [3.8, 4) is 11.8 Å². The van der Waals surface area contributed by atoms with E-state index in [9.17, 15) is 10.0 Å². The van der Waals surface area contributed by atoms with E-state index >= 15 is 0 Å². The van der Waals surface area contributed by atoms with Crippen LogP contribution in [0.15, 0.2) is 40.0 Å². The van der Waals surface area contributed by atoms with Crippen LogP contribution in [-0.4, -0.2) is 24.3 Å². The number of halogens is 1. The standard InChI is InChI=1S/C19H15BrN6O2/c1-3-4-9-24-17-15(23-19(24)20)10-21-25(18(17)27)11-16-22-14-8-6-5-7-13(14)12(2)26(16)28/h5-8,10H,9,11H2,1-2H3. The van der Waals surface area contributed by atoms with Crippen LogP contribution < -0.4 is 10.3 Å². The van der Waals surface area contributed by atoms with Gasteiger partial charge in [0.15, 0.2) is 16.8 Å². The Morgan fingerprint density at radius 2 is 2.04 bits per heavy atom. The average molecular weight is 439 g/mol. The molecule has 0 N–H and O–H groups in total. The van der Waals surface area contributed by atoms with Gasteiger partial charge in [0, 0.05) is 0 Å². The lowest BCUT2D eigenvalue weighted by Gasteiger charge is -2.11. The van der Waals surface area contributed by atoms with Crippen LogP contribution >= 0.6 is 15.9 Å². The summed E-state index contributed by atoms with van der Waals surface area (Å²) < 4.78 is 4.14. The third-order valence-electron chi connectivity index (χ3n) is 4.49. The van der Waals surface area contributed by atoms with E-state index in [4.69, 9.17) is 0 Å². The lowest BCUT2D eigenvalue weighted by Crippen LogP contribution is -2.40. The first-order chi connectivity index (χ1) is 13.5. The van der Waals surface area contributed by atoms with Gasteiger partial charge in [0.1, 0.15) is 16.7 Å². The zero-order chi connectivity index (χ0) is 19.8. The zero-order valence-corrected chi connectivity index (χ0v) is 16.8. The quantitative estimate of drug-likeness (QED) is 0.276. The molecule has 0 saturated carbocycles. The summed E-state index contributed by atoms with van der Waals surface area (Å²) in [6.07, 6.45) is 1.50. The minimum atomic E-state index is -0.360. The summed E-state index contributed by atoms with van der Waals surface area (Å²) in [5.74, 6) is 5.93. The first-order valence-electron chi connectivity index (χ1n) is 8.50. The number of nitrogens with zero attached hydrogens (tertiary/aromatic N) is 6. The first kappa shape index (κ1) is 18.1. The average Bonchev–Trinajstić information content (AvgIpc) is 3.02. The minimum Gasteiger partial charge on any atom is -0.710 e. The number of imidazole rings is 1. The molecular weight excluding hydrogens is 424 g/mol. The maximum absolute atomic E-state index is 13.0. The Kier molecular flexibility index (Phi) is 4.57. The molecule has 0 spiro atoms. The van der Waals surface area contributed by atoms with Crippen LogP contribution in [0.4, 0.5) is 0 Å². The topological polar surface area (TPSA) is 92.5 Å². The van der Waals surface area contributed by atoms with E-state index in [1.54, 1.807) is 18.4 Å². The van der Waals surface area contributed by atoms with E-state index in [1.807, 2.05) is 24.3 Å². The number of benzene rings is 1. The van der Waals surface area contributed by atoms with E-state index < -0.39 is 0 Å². The van der Waals surface area contributed by atoms with Gasteiger partial charge in [-0.05, 0) is 46.9 Å². The highest BCUT2D eigenvalue weighted by molar-refractivity contribution is 9.10. The van der Waals surface area contributed by atoms with Crippen molar-refractivity contribution >= 4 is 37.9 Å². The van der Waals surface area contributed by atoms with E-state index in [0.717, 1.165) is 10.1 Å². The van der Waals surface area contributed by atoms with Gasteiger partial charge in [0.2, 0.25) is 0 Å². The van der Waals surface area contributed by atoms with Crippen LogP contribution in [0.5, 0.6) is 0 Å². The van der Waals surface area contributed by atoms with E-state index in [-0.39, 0.29) is 17.9 Å². The summed E-state index contributed by atoms with van der Waals surface area (Å²) in [5, 5.41) is 17.6. The molecule has 0 saturated heterocycles. The second-order valence-corrected chi connectivity index (χ2v) is 6.87. The Morgan fingerprint density at radius 1 is 1.25 bits per heavy atom. The van der Waals surface area contributed by atoms with Gasteiger partial charge in [0.25, 0.3) is 5.56 Å². The molecule has 9 heteroatoms. The number of rotatable bonds is 3. The third-order valence-corrected chi connectivity index (χ3v) is 5.10. The summed E-state index contributed by atoms with van der Waals surface area (Å²) in [6.45, 7) is 3.73. The van der Waals surface area contributed by atoms with Crippen molar-refractivity contribution < 1.29 is 4.73 Å². The van der Waals surface area contributed by atoms with Crippen LogP contribution in [0.1, 0.15) is 18.4 Å². The molecular formula is C19H15BrN6O2. The molecule has 3 aromatic heterocycles. The van der Waals surface area contributed by atoms with Crippen molar-refractivity contribution in [1.82, 2.24) is 24.3 Å². The number of hydrogen-bond acceptors (Lipinski definition) is 5. The van der Waals surface area contributed by atoms with Gasteiger partial charge in [-0.2, -0.15) is 5.10 Å². The second kappa shape index (κ2) is 7.05. The molecule has 0 amide bonds. The molecule has 0 bridgehead atoms. The second-order valence-electron chi connectivity index (χ2n) is 6.16. The molecule has 1 aromatic carbocycles. The number of para-hydroxylation sites is 1. The summed E-state index contributed by atoms with van der Waals surface area (Å²) in [6, 6.07) is 7.39. The van der Waals surface area contributed by atoms with Gasteiger partial charge in [-0.25, -0.2) is 14.4 Å². The lowest BCUT2D eigenvalue weighted by atomic mass is 10.2. The highest BCUT2D eigenvalue weighted by Crippen LogP contribution is 2.17. The van der Waals surface area contributed by atoms with Crippen molar-refractivity contribution in [2.24, 2.45) is 0 Å². The third kappa shape index (κ3) is 2.92. The highest BCUT2D eigenvalue weighted by atomic mass is 79.9. The van der Waals surface area contributed by atoms with E-state index in [0.29, 0.717) is 33.5 Å². The van der Waals surface area contributed by atoms with Gasteiger partial charge in [-0.1, -0.05) is 18.1 Å². The number of hydrogen-bond donors (Lipinski definition) is 0. The predicted octanol–water partition coefficient (Wildman–Crippen LogP) is 1.92. The molecule has 0 aliphatic carbocycles. The molecule has 4 aromatic rings. The molecule has 8 nitrogen and oxygen atoms in total. The fourth-order valence-electron chi connectivity index (χ4n) is 3.07. The normalized spacial score (nSPS) is 11.0. The summed E-state index contributed by atoms with van der Waals surface area (Å²) in [4.78, 5) is 21.7. The van der Waals surface area contributed by atoms with Gasteiger partial charge >= 0.3 is 5.82 Å². The molecule has 140 valence electrons. The van der Waals surface area contributed by atoms with Crippen molar-refractivity contribution in [3.05, 3.63) is 62.3 Å². The van der Waals surface area contributed by atoms with Gasteiger partial charge in [-0.3, -0.25) is 4.79 Å². The van der Waals surface area contributed by atoms with Crippen LogP contribution in [0.2, 0.25) is 0 Å². The van der Waals surface area contributed by atoms with Gasteiger partial charge in [0.05, 0.1) is 18.1 Å². The summed E-state index contributed by atoms with van der Waals surface area (Å²) in [5.41, 5.74) is 1.70. The fraction of sp³-hybridized carbons (Fsp3) is 0.211. The van der Waals surface area contributed by atoms with Crippen molar-refractivity contribution in [2.45, 2.75) is 26.9 Å². The molecule has 0 aliphatic heterocycles. The minimum absolute atomic E-state index is 0.0494. The van der Waals surface area contributed by atoms with Crippen LogP contribution in [-0.2, 0) is 13.1 Å². The Morgan fingerprint density at radius 3 is 2.82 bits per heavy atom. The molecule has 3 heterocycles. The monoisotopic (exact) mass is 438 g/mol. The molecule has 0 aliphatic rings. The van der Waals surface area contributed by atoms with Crippen molar-refractivity contribution in [2.75, 3.05) is 0 Å². The molecule has 0 radical (unpaired) electrons. The van der Waals surface area contributed by atoms with E-state index in [1.165, 1.54) is 10.9 Å². The number of aryl methyl sites for hydroxylation is 1. The molecule has 4 rings (SSSR count). The van der Waals surface area contributed by atoms with Crippen LogP contribution in [0.3, 0.4) is 0 Å². The molecule has 28 heavy (non-hydrogen) atoms. The predicted molar refractivity (Wildman–Crippen MR) is 107 cm³/mol. The summed E-state index contributed by atoms with van der Waals surface area (Å²) >= 11 is 3.36. The summed E-state index contributed by atoms with van der Waals surface area (Å²) in [7, 11) is 0. The fourth-order valence-corrected chi connectivity index (χ4v) is 3.56. The Hall–Kier alpha value is -3.25. The van der Waals surface area contributed by atoms with Gasteiger partial charge in [-0.15, -0.1) is 5.92 Å². The Bertz CT molecular complexity index is 1350. The molecule has 0 fully saturated rings. The zero-order valence-electron chi connectivity index (χ0n) is 15.2. The first-order valence-corrected chi connectivity index (χ1v) is 9.29. The Labute approximate surface area is 168 Å². The van der Waals surface area contributed by atoms with Crippen molar-refractivity contribution in [1.29, 1.82) is 0 Å². The maximum Gasteiger partial charge on any atom is 0.324 e. The molecule has 0 unspecified atom stereocenters. The SMILES string of the molecule is CC#CCn1c(Br)nc2cnn(Cc3nc4ccccc4c(C)[n+]3[O-])c(=O)c21. The molecule has 0 atom stereocenters. The lowest BCUT2D eigenvalue weighted by molar-refractivity contribution is -0.623. The smallest absolute Gasteiger partial charge is 0.324 e. The Balaban J connectivity index is 1.85.